The maximum atomic E-state index is 15.4. The molecule has 6 rings (SSSR count). The molecule has 0 unspecified atom stereocenters. The van der Waals surface area contributed by atoms with E-state index in [2.05, 4.69) is 0 Å². The normalized spacial score (nSPS) is 30.6. The average molecular weight is 553 g/mol. The summed E-state index contributed by atoms with van der Waals surface area (Å²) in [4.78, 5) is 1.14. The lowest BCUT2D eigenvalue weighted by Gasteiger charge is -2.47. The maximum absolute atomic E-state index is 15.4. The fourth-order valence-corrected chi connectivity index (χ4v) is 8.67. The van der Waals surface area contributed by atoms with Crippen LogP contribution < -0.4 is 9.13 Å². The van der Waals surface area contributed by atoms with Crippen molar-refractivity contribution in [2.45, 2.75) is 41.1 Å². The molecule has 1 fully saturated rings. The minimum Gasteiger partial charge on any atom is -0.208 e. The van der Waals surface area contributed by atoms with Gasteiger partial charge in [-0.3, -0.25) is 0 Å². The summed E-state index contributed by atoms with van der Waals surface area (Å²) in [6.45, 7) is 3.39. The molecule has 10 heteroatoms. The van der Waals surface area contributed by atoms with Crippen molar-refractivity contribution in [1.82, 2.24) is 0 Å². The summed E-state index contributed by atoms with van der Waals surface area (Å²) in [5, 5.41) is 0. The van der Waals surface area contributed by atoms with Gasteiger partial charge in [-0.1, -0.05) is 0 Å². The van der Waals surface area contributed by atoms with Gasteiger partial charge in [-0.15, -0.1) is 23.5 Å². The van der Waals surface area contributed by atoms with Crippen molar-refractivity contribution in [3.05, 3.63) is 94.6 Å². The zero-order chi connectivity index (χ0) is 26.8. The van der Waals surface area contributed by atoms with Gasteiger partial charge in [0, 0.05) is 45.2 Å². The smallest absolute Gasteiger partial charge is 0.208 e. The van der Waals surface area contributed by atoms with Crippen molar-refractivity contribution < 1.29 is 35.5 Å². The molecule has 192 valence electrons. The molecule has 2 nitrogen and oxygen atoms in total. The molecule has 0 saturated heterocycles. The summed E-state index contributed by atoms with van der Waals surface area (Å²) in [6.07, 6.45) is 9.93. The van der Waals surface area contributed by atoms with Crippen LogP contribution in [0, 0.1) is 0 Å². The third kappa shape index (κ3) is 2.94. The van der Waals surface area contributed by atoms with Gasteiger partial charge in [0.15, 0.2) is 24.8 Å². The lowest BCUT2D eigenvalue weighted by molar-refractivity contribution is -0.671. The van der Waals surface area contributed by atoms with Gasteiger partial charge in [0.2, 0.25) is 0 Å². The molecule has 2 aliphatic heterocycles. The molecular weight excluding hydrogens is 530 g/mol. The third-order valence-corrected chi connectivity index (χ3v) is 11.2. The molecule has 0 bridgehead atoms. The molecule has 2 aliphatic carbocycles. The van der Waals surface area contributed by atoms with Crippen LogP contribution in [-0.2, 0) is 14.1 Å². The Labute approximate surface area is 218 Å². The van der Waals surface area contributed by atoms with E-state index in [0.29, 0.717) is 20.9 Å². The summed E-state index contributed by atoms with van der Waals surface area (Å²) >= 11 is 2.52. The first-order valence-electron chi connectivity index (χ1n) is 11.5. The van der Waals surface area contributed by atoms with Gasteiger partial charge in [0.05, 0.1) is 9.49 Å². The van der Waals surface area contributed by atoms with Crippen molar-refractivity contribution in [1.29, 1.82) is 0 Å². The molecule has 1 saturated carbocycles. The van der Waals surface area contributed by atoms with Crippen molar-refractivity contribution >= 4 is 33.3 Å². The van der Waals surface area contributed by atoms with E-state index in [1.165, 1.54) is 35.7 Å². The van der Waals surface area contributed by atoms with Crippen LogP contribution in [-0.4, -0.2) is 27.3 Å². The Balaban J connectivity index is 1.65. The number of hydrogen-bond donors (Lipinski definition) is 0. The van der Waals surface area contributed by atoms with E-state index in [1.54, 1.807) is 72.0 Å². The zero-order valence-corrected chi connectivity index (χ0v) is 21.9. The number of alkyl halides is 6. The Morgan fingerprint density at radius 1 is 0.595 bits per heavy atom. The quantitative estimate of drug-likeness (QED) is 0.321. The van der Waals surface area contributed by atoms with Crippen molar-refractivity contribution in [2.75, 3.05) is 0 Å². The molecule has 4 heterocycles. The van der Waals surface area contributed by atoms with Crippen LogP contribution in [0.1, 0.15) is 25.0 Å². The summed E-state index contributed by atoms with van der Waals surface area (Å²) in [6, 6.07) is 7.14. The Morgan fingerprint density at radius 2 is 0.919 bits per heavy atom. The molecule has 0 spiro atoms. The van der Waals surface area contributed by atoms with Gasteiger partial charge in [-0.25, -0.2) is 9.13 Å². The van der Waals surface area contributed by atoms with E-state index in [4.69, 9.17) is 0 Å². The lowest BCUT2D eigenvalue weighted by atomic mass is 9.71. The standard InChI is InChI=1S/C27H22F6N2S2/c1-23-17(13-19(36-23)15-5-9-34(3)10-6-15)21-22(26(30,31)27(32,33)25(21,28)29)18-14-20(37-24(18,23)2)16-7-11-35(4)12-8-16/h5-14H,1-4H3/q+2/t23-,24-/m1/s1. The highest BCUT2D eigenvalue weighted by Crippen LogP contribution is 2.75. The summed E-state index contributed by atoms with van der Waals surface area (Å²) < 4.78 is 92.5. The van der Waals surface area contributed by atoms with E-state index in [-0.39, 0.29) is 11.1 Å². The second-order valence-corrected chi connectivity index (χ2v) is 13.0. The number of aryl methyl sites for hydroxylation is 2. The van der Waals surface area contributed by atoms with Crippen molar-refractivity contribution in [2.24, 2.45) is 14.1 Å². The first-order chi connectivity index (χ1) is 17.1. The summed E-state index contributed by atoms with van der Waals surface area (Å²) in [7, 11) is 3.65. The molecule has 0 aromatic carbocycles. The van der Waals surface area contributed by atoms with Gasteiger partial charge >= 0.3 is 17.8 Å². The second kappa shape index (κ2) is 7.34. The number of halogens is 6. The van der Waals surface area contributed by atoms with Crippen LogP contribution in [0.2, 0.25) is 0 Å². The highest BCUT2D eigenvalue weighted by molar-refractivity contribution is 8.14. The highest BCUT2D eigenvalue weighted by atomic mass is 32.2. The minimum atomic E-state index is -5.56. The molecule has 0 amide bonds. The maximum Gasteiger partial charge on any atom is 0.380 e. The molecule has 2 atom stereocenters. The second-order valence-electron chi connectivity index (χ2n) is 10.1. The molecule has 4 aliphatic rings. The number of rotatable bonds is 2. The topological polar surface area (TPSA) is 7.76 Å². The predicted molar refractivity (Wildman–Crippen MR) is 132 cm³/mol. The molecule has 0 radical (unpaired) electrons. The van der Waals surface area contributed by atoms with Gasteiger partial charge in [-0.2, -0.15) is 26.3 Å². The highest BCUT2D eigenvalue weighted by Gasteiger charge is 2.84. The van der Waals surface area contributed by atoms with Crippen molar-refractivity contribution in [3.8, 4) is 0 Å². The number of nitrogens with zero attached hydrogens (tertiary/aromatic N) is 2. The fourth-order valence-electron chi connectivity index (χ4n) is 5.52. The number of allylic oxidation sites excluding steroid dienone is 4. The molecule has 37 heavy (non-hydrogen) atoms. The minimum absolute atomic E-state index is 0.162. The van der Waals surface area contributed by atoms with E-state index in [0.717, 1.165) is 0 Å². The van der Waals surface area contributed by atoms with Gasteiger partial charge in [0.25, 0.3) is 0 Å². The first kappa shape index (κ1) is 24.9. The van der Waals surface area contributed by atoms with Crippen LogP contribution >= 0.6 is 23.5 Å². The number of aromatic nitrogens is 2. The van der Waals surface area contributed by atoms with E-state index >= 15 is 17.6 Å². The number of pyridine rings is 2. The fraction of sp³-hybridized carbons (Fsp3) is 0.333. The van der Waals surface area contributed by atoms with Gasteiger partial charge in [0.1, 0.15) is 14.1 Å². The third-order valence-electron chi connectivity index (χ3n) is 7.85. The van der Waals surface area contributed by atoms with E-state index in [1.807, 2.05) is 14.1 Å². The van der Waals surface area contributed by atoms with Gasteiger partial charge < -0.3 is 0 Å². The molecule has 2 aromatic heterocycles. The van der Waals surface area contributed by atoms with E-state index < -0.39 is 38.4 Å². The average Bonchev–Trinajstić information content (AvgIpc) is 3.40. The van der Waals surface area contributed by atoms with Crippen LogP contribution in [0.4, 0.5) is 26.3 Å². The molecular formula is C27H22F6N2S2+2. The Bertz CT molecular complexity index is 1380. The number of thioether (sulfide) groups is 2. The van der Waals surface area contributed by atoms with Crippen molar-refractivity contribution in [3.63, 3.8) is 0 Å². The lowest BCUT2D eigenvalue weighted by Crippen LogP contribution is -2.48. The Hall–Kier alpha value is -2.46. The largest absolute Gasteiger partial charge is 0.380 e. The van der Waals surface area contributed by atoms with E-state index in [9.17, 15) is 8.78 Å². The van der Waals surface area contributed by atoms with Gasteiger partial charge in [-0.05, 0) is 48.3 Å². The van der Waals surface area contributed by atoms with Crippen LogP contribution in [0.3, 0.4) is 0 Å². The van der Waals surface area contributed by atoms with Crippen LogP contribution in [0.5, 0.6) is 0 Å². The Morgan fingerprint density at radius 3 is 1.24 bits per heavy atom. The molecule has 2 aromatic rings. The predicted octanol–water partition coefficient (Wildman–Crippen LogP) is 6.25. The SMILES string of the molecule is C[n+]1ccc(C2=CC3=C4C(=C5C=C(c6cc[n+](C)cc6)S[C@@]5(C)[C@]3(C)S2)C(F)(F)C(F)(F)C4(F)F)cc1. The first-order valence-corrected chi connectivity index (χ1v) is 13.2. The van der Waals surface area contributed by atoms with Crippen LogP contribution in [0.15, 0.2) is 83.5 Å². The number of fused-ring (bicyclic) bond motifs is 4. The zero-order valence-electron chi connectivity index (χ0n) is 20.3. The summed E-state index contributed by atoms with van der Waals surface area (Å²) in [5.74, 6) is -15.6. The Kier molecular flexibility index (Phi) is 4.93. The number of hydrogen-bond acceptors (Lipinski definition) is 2. The monoisotopic (exact) mass is 552 g/mol. The molecule has 0 N–H and O–H groups in total. The van der Waals surface area contributed by atoms with Crippen LogP contribution in [0.25, 0.3) is 9.81 Å². The summed E-state index contributed by atoms with van der Waals surface area (Å²) in [5.41, 5.74) is -1.40.